The monoisotopic (exact) mass is 284 g/mol. The summed E-state index contributed by atoms with van der Waals surface area (Å²) in [6.45, 7) is 0.868. The molecule has 21 heavy (non-hydrogen) atoms. The number of rotatable bonds is 4. The number of aliphatic carboxylic acids is 1. The highest BCUT2D eigenvalue weighted by molar-refractivity contribution is 5.91. The SMILES string of the molecule is O=C(O)C1CCC(CNc2nccc3ccccc23)CC1. The van der Waals surface area contributed by atoms with Crippen molar-refractivity contribution in [1.29, 1.82) is 0 Å². The Balaban J connectivity index is 1.61. The molecule has 1 heterocycles. The van der Waals surface area contributed by atoms with E-state index in [0.29, 0.717) is 5.92 Å². The summed E-state index contributed by atoms with van der Waals surface area (Å²) < 4.78 is 0. The zero-order valence-corrected chi connectivity index (χ0v) is 12.0. The van der Waals surface area contributed by atoms with E-state index in [-0.39, 0.29) is 5.92 Å². The van der Waals surface area contributed by atoms with Crippen LogP contribution in [0.15, 0.2) is 36.5 Å². The number of carbonyl (C=O) groups is 1. The topological polar surface area (TPSA) is 62.2 Å². The van der Waals surface area contributed by atoms with Crippen molar-refractivity contribution in [3.63, 3.8) is 0 Å². The first-order valence-corrected chi connectivity index (χ1v) is 7.54. The Morgan fingerprint density at radius 3 is 2.71 bits per heavy atom. The Morgan fingerprint density at radius 2 is 1.95 bits per heavy atom. The third-order valence-electron chi connectivity index (χ3n) is 4.43. The lowest BCUT2D eigenvalue weighted by molar-refractivity contribution is -0.143. The summed E-state index contributed by atoms with van der Waals surface area (Å²) in [5, 5.41) is 14.8. The number of nitrogens with zero attached hydrogens (tertiary/aromatic N) is 1. The highest BCUT2D eigenvalue weighted by Crippen LogP contribution is 2.29. The predicted molar refractivity (Wildman–Crippen MR) is 83.3 cm³/mol. The zero-order valence-electron chi connectivity index (χ0n) is 12.0. The Kier molecular flexibility index (Phi) is 4.04. The van der Waals surface area contributed by atoms with Gasteiger partial charge in [-0.3, -0.25) is 4.79 Å². The fraction of sp³-hybridized carbons (Fsp3) is 0.412. The van der Waals surface area contributed by atoms with Crippen molar-refractivity contribution in [2.75, 3.05) is 11.9 Å². The number of benzene rings is 1. The molecule has 0 amide bonds. The van der Waals surface area contributed by atoms with E-state index >= 15 is 0 Å². The van der Waals surface area contributed by atoms with Gasteiger partial charge in [-0.15, -0.1) is 0 Å². The van der Waals surface area contributed by atoms with Crippen LogP contribution < -0.4 is 5.32 Å². The number of hydrogen-bond donors (Lipinski definition) is 2. The summed E-state index contributed by atoms with van der Waals surface area (Å²) in [4.78, 5) is 15.4. The molecule has 4 nitrogen and oxygen atoms in total. The number of hydrogen-bond acceptors (Lipinski definition) is 3. The van der Waals surface area contributed by atoms with E-state index in [1.807, 2.05) is 24.4 Å². The lowest BCUT2D eigenvalue weighted by Crippen LogP contribution is -2.25. The molecule has 0 saturated heterocycles. The van der Waals surface area contributed by atoms with Gasteiger partial charge in [0.05, 0.1) is 5.92 Å². The van der Waals surface area contributed by atoms with Crippen LogP contribution in [-0.4, -0.2) is 22.6 Å². The van der Waals surface area contributed by atoms with Gasteiger partial charge in [-0.2, -0.15) is 0 Å². The van der Waals surface area contributed by atoms with Crippen molar-refractivity contribution in [2.24, 2.45) is 11.8 Å². The number of carboxylic acids is 1. The molecule has 1 aliphatic carbocycles. The molecule has 0 atom stereocenters. The Bertz CT molecular complexity index is 628. The minimum Gasteiger partial charge on any atom is -0.481 e. The Labute approximate surface area is 124 Å². The molecule has 1 aromatic heterocycles. The molecule has 110 valence electrons. The molecule has 4 heteroatoms. The smallest absolute Gasteiger partial charge is 0.306 e. The molecule has 1 aromatic carbocycles. The van der Waals surface area contributed by atoms with E-state index in [0.717, 1.165) is 43.4 Å². The molecule has 1 aliphatic rings. The molecular weight excluding hydrogens is 264 g/mol. The number of aromatic nitrogens is 1. The first kappa shape index (κ1) is 13.9. The van der Waals surface area contributed by atoms with Crippen molar-refractivity contribution in [3.05, 3.63) is 36.5 Å². The second-order valence-electron chi connectivity index (χ2n) is 5.82. The minimum absolute atomic E-state index is 0.142. The largest absolute Gasteiger partial charge is 0.481 e. The number of anilines is 1. The third kappa shape index (κ3) is 3.15. The van der Waals surface area contributed by atoms with Crippen molar-refractivity contribution in [1.82, 2.24) is 4.98 Å². The van der Waals surface area contributed by atoms with Crippen LogP contribution in [-0.2, 0) is 4.79 Å². The van der Waals surface area contributed by atoms with Crippen LogP contribution in [0.3, 0.4) is 0 Å². The molecule has 1 saturated carbocycles. The van der Waals surface area contributed by atoms with Crippen molar-refractivity contribution in [3.8, 4) is 0 Å². The summed E-state index contributed by atoms with van der Waals surface area (Å²) in [5.41, 5.74) is 0. The molecular formula is C17H20N2O2. The maximum Gasteiger partial charge on any atom is 0.306 e. The van der Waals surface area contributed by atoms with Gasteiger partial charge >= 0.3 is 5.97 Å². The highest BCUT2D eigenvalue weighted by Gasteiger charge is 2.25. The molecule has 0 radical (unpaired) electrons. The summed E-state index contributed by atoms with van der Waals surface area (Å²) in [6.07, 6.45) is 5.38. The molecule has 0 bridgehead atoms. The van der Waals surface area contributed by atoms with Crippen LogP contribution in [0.1, 0.15) is 25.7 Å². The van der Waals surface area contributed by atoms with Crippen molar-refractivity contribution in [2.45, 2.75) is 25.7 Å². The van der Waals surface area contributed by atoms with Crippen LogP contribution in [0.4, 0.5) is 5.82 Å². The first-order chi connectivity index (χ1) is 10.2. The van der Waals surface area contributed by atoms with E-state index in [1.165, 1.54) is 5.39 Å². The first-order valence-electron chi connectivity index (χ1n) is 7.54. The Hall–Kier alpha value is -2.10. The van der Waals surface area contributed by atoms with Gasteiger partial charge < -0.3 is 10.4 Å². The molecule has 2 aromatic rings. The van der Waals surface area contributed by atoms with Gasteiger partial charge in [-0.05, 0) is 43.1 Å². The number of pyridine rings is 1. The average Bonchev–Trinajstić information content (AvgIpc) is 2.53. The summed E-state index contributed by atoms with van der Waals surface area (Å²) in [7, 11) is 0. The van der Waals surface area contributed by atoms with Crippen molar-refractivity contribution >= 4 is 22.6 Å². The lowest BCUT2D eigenvalue weighted by atomic mass is 9.82. The minimum atomic E-state index is -0.642. The zero-order chi connectivity index (χ0) is 14.7. The molecule has 1 fully saturated rings. The van der Waals surface area contributed by atoms with Crippen LogP contribution in [0.25, 0.3) is 10.8 Å². The van der Waals surface area contributed by atoms with Crippen LogP contribution in [0.5, 0.6) is 0 Å². The van der Waals surface area contributed by atoms with E-state index in [9.17, 15) is 4.79 Å². The lowest BCUT2D eigenvalue weighted by Gasteiger charge is -2.26. The molecule has 0 aliphatic heterocycles. The number of carboxylic acid groups (broad SMARTS) is 1. The maximum atomic E-state index is 11.0. The average molecular weight is 284 g/mol. The Morgan fingerprint density at radius 1 is 1.19 bits per heavy atom. The van der Waals surface area contributed by atoms with Gasteiger partial charge in [-0.1, -0.05) is 24.3 Å². The van der Waals surface area contributed by atoms with Crippen LogP contribution in [0, 0.1) is 11.8 Å². The third-order valence-corrected chi connectivity index (χ3v) is 4.43. The molecule has 3 rings (SSSR count). The van der Waals surface area contributed by atoms with Gasteiger partial charge in [0.1, 0.15) is 5.82 Å². The predicted octanol–water partition coefficient (Wildman–Crippen LogP) is 3.54. The van der Waals surface area contributed by atoms with Gasteiger partial charge in [0.2, 0.25) is 0 Å². The maximum absolute atomic E-state index is 11.0. The van der Waals surface area contributed by atoms with E-state index in [1.54, 1.807) is 0 Å². The number of nitrogens with one attached hydrogen (secondary N) is 1. The highest BCUT2D eigenvalue weighted by atomic mass is 16.4. The second-order valence-corrected chi connectivity index (χ2v) is 5.82. The molecule has 0 spiro atoms. The normalized spacial score (nSPS) is 22.1. The fourth-order valence-electron chi connectivity index (χ4n) is 3.12. The quantitative estimate of drug-likeness (QED) is 0.901. The number of fused-ring (bicyclic) bond motifs is 1. The van der Waals surface area contributed by atoms with E-state index in [4.69, 9.17) is 5.11 Å². The molecule has 2 N–H and O–H groups in total. The molecule has 0 unspecified atom stereocenters. The van der Waals surface area contributed by atoms with Gasteiger partial charge in [-0.25, -0.2) is 4.98 Å². The second kappa shape index (κ2) is 6.12. The van der Waals surface area contributed by atoms with E-state index in [2.05, 4.69) is 22.4 Å². The van der Waals surface area contributed by atoms with E-state index < -0.39 is 5.97 Å². The fourth-order valence-corrected chi connectivity index (χ4v) is 3.12. The van der Waals surface area contributed by atoms with Crippen LogP contribution in [0.2, 0.25) is 0 Å². The summed E-state index contributed by atoms with van der Waals surface area (Å²) in [5.74, 6) is 0.684. The summed E-state index contributed by atoms with van der Waals surface area (Å²) >= 11 is 0. The van der Waals surface area contributed by atoms with Crippen LogP contribution >= 0.6 is 0 Å². The van der Waals surface area contributed by atoms with Crippen molar-refractivity contribution < 1.29 is 9.90 Å². The summed E-state index contributed by atoms with van der Waals surface area (Å²) in [6, 6.07) is 10.2. The van der Waals surface area contributed by atoms with Gasteiger partial charge in [0, 0.05) is 18.1 Å². The van der Waals surface area contributed by atoms with Gasteiger partial charge in [0.15, 0.2) is 0 Å². The standard InChI is InChI=1S/C17H20N2O2/c20-17(21)14-7-5-12(6-8-14)11-19-16-15-4-2-1-3-13(15)9-10-18-16/h1-4,9-10,12,14H,5-8,11H2,(H,18,19)(H,20,21). The van der Waals surface area contributed by atoms with Gasteiger partial charge in [0.25, 0.3) is 0 Å².